The lowest BCUT2D eigenvalue weighted by molar-refractivity contribution is 0.672. The average molecular weight is 629 g/mol. The van der Waals surface area contributed by atoms with Crippen LogP contribution in [0.15, 0.2) is 150 Å². The van der Waals surface area contributed by atoms with Crippen molar-refractivity contribution >= 4 is 55.3 Å². The van der Waals surface area contributed by atoms with Crippen molar-refractivity contribution in [3.63, 3.8) is 0 Å². The third-order valence-electron chi connectivity index (χ3n) is 10.3. The Morgan fingerprint density at radius 2 is 1.47 bits per heavy atom. The topological polar surface area (TPSA) is 38.9 Å². The zero-order valence-corrected chi connectivity index (χ0v) is 26.9. The minimum Gasteiger partial charge on any atom is -0.455 e. The van der Waals surface area contributed by atoms with Crippen LogP contribution >= 0.6 is 0 Å². The Morgan fingerprint density at radius 1 is 0.633 bits per heavy atom. The van der Waals surface area contributed by atoms with Gasteiger partial charge in [-0.05, 0) is 76.7 Å². The maximum Gasteiger partial charge on any atom is 0.160 e. The van der Waals surface area contributed by atoms with Crippen molar-refractivity contribution in [2.45, 2.75) is 25.2 Å². The number of nitrogens with zero attached hydrogens (tertiary/aromatic N) is 2. The molecule has 0 N–H and O–H groups in total. The van der Waals surface area contributed by atoms with E-state index in [9.17, 15) is 0 Å². The summed E-state index contributed by atoms with van der Waals surface area (Å²) in [5, 5.41) is 5.42. The normalized spacial score (nSPS) is 15.7. The van der Waals surface area contributed by atoms with Gasteiger partial charge in [-0.15, -0.1) is 0 Å². The second-order valence-electron chi connectivity index (χ2n) is 13.2. The smallest absolute Gasteiger partial charge is 0.160 e. The van der Waals surface area contributed by atoms with Gasteiger partial charge in [-0.3, -0.25) is 0 Å². The molecule has 6 aromatic carbocycles. The fraction of sp³-hybridized carbons (Fsp3) is 0.0870. The van der Waals surface area contributed by atoms with Crippen LogP contribution in [-0.4, -0.2) is 9.97 Å². The number of aryl methyl sites for hydroxylation is 1. The summed E-state index contributed by atoms with van der Waals surface area (Å²) in [6, 6.07) is 43.0. The number of allylic oxidation sites excluding steroid dienone is 5. The number of benzene rings is 6. The van der Waals surface area contributed by atoms with E-state index in [0.717, 1.165) is 85.5 Å². The van der Waals surface area contributed by atoms with E-state index in [1.165, 1.54) is 27.8 Å². The van der Waals surface area contributed by atoms with Crippen molar-refractivity contribution < 1.29 is 4.42 Å². The summed E-state index contributed by atoms with van der Waals surface area (Å²) in [6.45, 7) is 0. The fourth-order valence-corrected chi connectivity index (χ4v) is 7.73. The summed E-state index contributed by atoms with van der Waals surface area (Å²) in [5.41, 5.74) is 12.4. The first-order valence-electron chi connectivity index (χ1n) is 17.2. The second kappa shape index (κ2) is 11.3. The summed E-state index contributed by atoms with van der Waals surface area (Å²) in [4.78, 5) is 10.2. The Balaban J connectivity index is 1.10. The summed E-state index contributed by atoms with van der Waals surface area (Å²) >= 11 is 0. The minimum atomic E-state index is 0.389. The van der Waals surface area contributed by atoms with Crippen LogP contribution in [0.2, 0.25) is 0 Å². The van der Waals surface area contributed by atoms with E-state index in [4.69, 9.17) is 14.4 Å². The van der Waals surface area contributed by atoms with E-state index in [0.29, 0.717) is 5.92 Å². The summed E-state index contributed by atoms with van der Waals surface area (Å²) in [6.07, 6.45) is 14.9. The molecular weight excluding hydrogens is 597 g/mol. The van der Waals surface area contributed by atoms with E-state index in [1.807, 2.05) is 24.3 Å². The molecule has 10 rings (SSSR count). The van der Waals surface area contributed by atoms with Crippen LogP contribution in [0.1, 0.15) is 41.0 Å². The van der Waals surface area contributed by atoms with Gasteiger partial charge in [0, 0.05) is 38.6 Å². The summed E-state index contributed by atoms with van der Waals surface area (Å²) in [7, 11) is 0. The molecule has 2 aliphatic carbocycles. The maximum absolute atomic E-state index is 6.62. The molecule has 0 aliphatic heterocycles. The molecular formula is C46H32N2O. The van der Waals surface area contributed by atoms with Gasteiger partial charge in [-0.1, -0.05) is 127 Å². The first kappa shape index (κ1) is 28.0. The predicted octanol–water partition coefficient (Wildman–Crippen LogP) is 12.1. The number of hydrogen-bond donors (Lipinski definition) is 0. The number of furan rings is 1. The molecule has 8 aromatic rings. The van der Waals surface area contributed by atoms with Gasteiger partial charge in [0.05, 0.1) is 11.2 Å². The third kappa shape index (κ3) is 4.73. The van der Waals surface area contributed by atoms with Gasteiger partial charge in [-0.25, -0.2) is 9.97 Å². The zero-order valence-electron chi connectivity index (χ0n) is 26.9. The van der Waals surface area contributed by atoms with Gasteiger partial charge >= 0.3 is 0 Å². The molecule has 2 aliphatic rings. The van der Waals surface area contributed by atoms with E-state index >= 15 is 0 Å². The Hall–Kier alpha value is -6.06. The molecule has 0 fully saturated rings. The van der Waals surface area contributed by atoms with E-state index in [-0.39, 0.29) is 0 Å². The summed E-state index contributed by atoms with van der Waals surface area (Å²) < 4.78 is 6.62. The molecule has 0 saturated carbocycles. The Bertz CT molecular complexity index is 2690. The lowest BCUT2D eigenvalue weighted by atomic mass is 9.85. The largest absolute Gasteiger partial charge is 0.455 e. The van der Waals surface area contributed by atoms with E-state index < -0.39 is 0 Å². The quantitative estimate of drug-likeness (QED) is 0.195. The highest BCUT2D eigenvalue weighted by Gasteiger charge is 2.20. The van der Waals surface area contributed by atoms with Crippen LogP contribution in [0.5, 0.6) is 0 Å². The minimum absolute atomic E-state index is 0.389. The first-order valence-corrected chi connectivity index (χ1v) is 17.2. The lowest BCUT2D eigenvalue weighted by Crippen LogP contribution is -2.01. The van der Waals surface area contributed by atoms with Crippen LogP contribution in [-0.2, 0) is 6.42 Å². The molecule has 232 valence electrons. The number of para-hydroxylation sites is 1. The molecule has 1 atom stereocenters. The van der Waals surface area contributed by atoms with Gasteiger partial charge in [-0.2, -0.15) is 0 Å². The Labute approximate surface area is 284 Å². The molecule has 0 spiro atoms. The molecule has 2 aromatic heterocycles. The van der Waals surface area contributed by atoms with Crippen LogP contribution in [0, 0.1) is 0 Å². The monoisotopic (exact) mass is 628 g/mol. The molecule has 0 radical (unpaired) electrons. The fourth-order valence-electron chi connectivity index (χ4n) is 7.73. The maximum atomic E-state index is 6.62. The highest BCUT2D eigenvalue weighted by atomic mass is 16.3. The number of aromatic nitrogens is 2. The van der Waals surface area contributed by atoms with Crippen LogP contribution in [0.25, 0.3) is 77.9 Å². The third-order valence-corrected chi connectivity index (χ3v) is 10.3. The molecule has 0 bridgehead atoms. The summed E-state index contributed by atoms with van der Waals surface area (Å²) in [5.74, 6) is 1.11. The van der Waals surface area contributed by atoms with Gasteiger partial charge in [0.15, 0.2) is 5.82 Å². The van der Waals surface area contributed by atoms with Crippen molar-refractivity contribution in [2.24, 2.45) is 0 Å². The highest BCUT2D eigenvalue weighted by molar-refractivity contribution is 6.20. The van der Waals surface area contributed by atoms with Crippen LogP contribution in [0.3, 0.4) is 0 Å². The van der Waals surface area contributed by atoms with Crippen LogP contribution < -0.4 is 0 Å². The zero-order chi connectivity index (χ0) is 32.3. The highest BCUT2D eigenvalue weighted by Crippen LogP contribution is 2.42. The van der Waals surface area contributed by atoms with Crippen molar-refractivity contribution in [2.75, 3.05) is 0 Å². The molecule has 3 heteroatoms. The van der Waals surface area contributed by atoms with Crippen LogP contribution in [0.4, 0.5) is 0 Å². The Morgan fingerprint density at radius 3 is 2.35 bits per heavy atom. The Kier molecular flexibility index (Phi) is 6.45. The second-order valence-corrected chi connectivity index (χ2v) is 13.2. The lowest BCUT2D eigenvalue weighted by Gasteiger charge is -2.19. The van der Waals surface area contributed by atoms with Crippen molar-refractivity contribution in [1.29, 1.82) is 0 Å². The molecule has 1 unspecified atom stereocenters. The molecule has 49 heavy (non-hydrogen) atoms. The number of rotatable bonds is 4. The predicted molar refractivity (Wildman–Crippen MR) is 203 cm³/mol. The van der Waals surface area contributed by atoms with E-state index in [2.05, 4.69) is 127 Å². The number of hydrogen-bond acceptors (Lipinski definition) is 3. The average Bonchev–Trinajstić information content (AvgIpc) is 3.55. The molecule has 2 heterocycles. The molecule has 0 saturated heterocycles. The molecule has 0 amide bonds. The van der Waals surface area contributed by atoms with Gasteiger partial charge in [0.2, 0.25) is 0 Å². The van der Waals surface area contributed by atoms with E-state index in [1.54, 1.807) is 0 Å². The number of fused-ring (bicyclic) bond motifs is 7. The molecule has 3 nitrogen and oxygen atoms in total. The van der Waals surface area contributed by atoms with Gasteiger partial charge in [0.1, 0.15) is 11.2 Å². The van der Waals surface area contributed by atoms with Gasteiger partial charge < -0.3 is 4.42 Å². The SMILES string of the molecule is C1=Cc2cc(C3C=CC(c4ccc5oc6c7ccccc7c(-c7nc(-c8ccccc8)nc8ccccc78)cc6c5c4)=CC3)ccc2CC1. The van der Waals surface area contributed by atoms with Crippen molar-refractivity contribution in [3.05, 3.63) is 168 Å². The van der Waals surface area contributed by atoms with Crippen molar-refractivity contribution in [3.8, 4) is 22.6 Å². The standard InChI is InChI=1S/C46H32N2O/c1-2-11-32(12-3-1)46-47-42-17-9-8-16-38(42)44(48-46)40-28-41-39-27-35(24-25-43(39)49-45(41)37-15-7-6-14-36(37)40)31-20-18-30(19-21-31)34-23-22-29-10-4-5-13-33(29)26-34/h1-3,5-9,11-18,20-28,30H,4,10,19H2. The van der Waals surface area contributed by atoms with Crippen molar-refractivity contribution in [1.82, 2.24) is 9.97 Å². The van der Waals surface area contributed by atoms with Gasteiger partial charge in [0.25, 0.3) is 0 Å². The first-order chi connectivity index (χ1) is 24.3.